The van der Waals surface area contributed by atoms with Gasteiger partial charge in [0.1, 0.15) is 6.79 Å². The van der Waals surface area contributed by atoms with E-state index in [9.17, 15) is 4.39 Å². The van der Waals surface area contributed by atoms with Gasteiger partial charge in [0.25, 0.3) is 0 Å². The smallest absolute Gasteiger partial charge is 0.106 e. The lowest BCUT2D eigenvalue weighted by Gasteiger charge is -1.80. The first kappa shape index (κ1) is 12.8. The number of hydrogen-bond donors (Lipinski definition) is 0. The highest BCUT2D eigenvalue weighted by Crippen LogP contribution is 2.03. The summed E-state index contributed by atoms with van der Waals surface area (Å²) in [6.45, 7) is 2.00. The molecular weight excluding hydrogens is 167 g/mol. The van der Waals surface area contributed by atoms with Crippen LogP contribution >= 0.6 is 11.6 Å². The Morgan fingerprint density at radius 3 is 1.73 bits per heavy atom. The molecule has 0 aliphatic rings. The monoisotopic (exact) mass is 176 g/mol. The summed E-state index contributed by atoms with van der Waals surface area (Å²) in [5.74, 6) is 0. The van der Waals surface area contributed by atoms with Gasteiger partial charge in [0, 0.05) is 5.02 Å². The zero-order valence-corrected chi connectivity index (χ0v) is 7.01. The normalized spacial score (nSPS) is 6.45. The molecule has 0 aliphatic heterocycles. The SMILES string of the molecule is C=O.CF.Clc1ccccc1. The van der Waals surface area contributed by atoms with Crippen LogP contribution in [0, 0.1) is 0 Å². The zero-order chi connectivity index (χ0) is 9.11. The molecule has 0 fully saturated rings. The van der Waals surface area contributed by atoms with Gasteiger partial charge in [0.05, 0.1) is 7.18 Å². The molecule has 1 aromatic rings. The molecule has 62 valence electrons. The summed E-state index contributed by atoms with van der Waals surface area (Å²) in [4.78, 5) is 8.00. The second-order valence-electron chi connectivity index (χ2n) is 1.30. The predicted molar refractivity (Wildman–Crippen MR) is 45.6 cm³/mol. The van der Waals surface area contributed by atoms with Crippen molar-refractivity contribution in [2.75, 3.05) is 7.18 Å². The third-order valence-corrected chi connectivity index (χ3v) is 0.985. The molecule has 0 radical (unpaired) electrons. The largest absolute Gasteiger partial charge is 0.307 e. The van der Waals surface area contributed by atoms with Crippen LogP contribution in [0.3, 0.4) is 0 Å². The third-order valence-electron chi connectivity index (χ3n) is 0.733. The van der Waals surface area contributed by atoms with Crippen molar-refractivity contribution in [3.05, 3.63) is 35.4 Å². The highest BCUT2D eigenvalue weighted by atomic mass is 35.5. The number of alkyl halides is 1. The van der Waals surface area contributed by atoms with Crippen molar-refractivity contribution in [3.8, 4) is 0 Å². The first-order valence-corrected chi connectivity index (χ1v) is 3.14. The Bertz CT molecular complexity index is 155. The van der Waals surface area contributed by atoms with Crippen molar-refractivity contribution < 1.29 is 9.18 Å². The summed E-state index contributed by atoms with van der Waals surface area (Å²) in [6, 6.07) is 9.44. The van der Waals surface area contributed by atoms with E-state index < -0.39 is 0 Å². The minimum Gasteiger partial charge on any atom is -0.307 e. The lowest BCUT2D eigenvalue weighted by Crippen LogP contribution is -1.55. The van der Waals surface area contributed by atoms with E-state index in [1.807, 2.05) is 37.1 Å². The van der Waals surface area contributed by atoms with Crippen LogP contribution in [0.4, 0.5) is 4.39 Å². The fourth-order valence-electron chi connectivity index (χ4n) is 0.415. The van der Waals surface area contributed by atoms with Gasteiger partial charge in [0.2, 0.25) is 0 Å². The Kier molecular flexibility index (Phi) is 13.7. The fraction of sp³-hybridized carbons (Fsp3) is 0.125. The zero-order valence-electron chi connectivity index (χ0n) is 6.26. The van der Waals surface area contributed by atoms with Gasteiger partial charge in [0.15, 0.2) is 0 Å². The van der Waals surface area contributed by atoms with Crippen molar-refractivity contribution in [1.82, 2.24) is 0 Å². The Morgan fingerprint density at radius 1 is 1.18 bits per heavy atom. The number of halogens is 2. The van der Waals surface area contributed by atoms with E-state index in [-0.39, 0.29) is 0 Å². The van der Waals surface area contributed by atoms with Crippen LogP contribution in [0.2, 0.25) is 5.02 Å². The predicted octanol–water partition coefficient (Wildman–Crippen LogP) is 2.74. The lowest BCUT2D eigenvalue weighted by molar-refractivity contribution is -0.0979. The van der Waals surface area contributed by atoms with E-state index in [1.165, 1.54) is 0 Å². The molecular formula is C8H10ClFO. The summed E-state index contributed by atoms with van der Waals surface area (Å²) in [7, 11) is 0.500. The topological polar surface area (TPSA) is 17.1 Å². The van der Waals surface area contributed by atoms with Crippen molar-refractivity contribution in [1.29, 1.82) is 0 Å². The highest BCUT2D eigenvalue weighted by molar-refractivity contribution is 6.30. The van der Waals surface area contributed by atoms with Crippen LogP contribution in [-0.2, 0) is 4.79 Å². The van der Waals surface area contributed by atoms with Gasteiger partial charge in [-0.25, -0.2) is 0 Å². The van der Waals surface area contributed by atoms with Crippen LogP contribution in [-0.4, -0.2) is 14.0 Å². The molecule has 0 N–H and O–H groups in total. The van der Waals surface area contributed by atoms with Gasteiger partial charge < -0.3 is 4.79 Å². The van der Waals surface area contributed by atoms with E-state index in [0.717, 1.165) is 5.02 Å². The maximum absolute atomic E-state index is 9.50. The Hall–Kier alpha value is -0.890. The Labute approximate surface area is 70.8 Å². The molecule has 0 saturated carbocycles. The molecule has 1 rings (SSSR count). The van der Waals surface area contributed by atoms with Crippen LogP contribution in [0.15, 0.2) is 30.3 Å². The van der Waals surface area contributed by atoms with Crippen molar-refractivity contribution in [2.45, 2.75) is 0 Å². The highest BCUT2D eigenvalue weighted by Gasteiger charge is 1.74. The molecule has 0 spiro atoms. The number of carbonyl (C=O) groups is 1. The summed E-state index contributed by atoms with van der Waals surface area (Å²) in [5, 5.41) is 0.794. The van der Waals surface area contributed by atoms with Gasteiger partial charge in [-0.15, -0.1) is 0 Å². The van der Waals surface area contributed by atoms with Gasteiger partial charge in [-0.2, -0.15) is 0 Å². The van der Waals surface area contributed by atoms with Gasteiger partial charge in [-0.05, 0) is 12.1 Å². The molecule has 0 unspecified atom stereocenters. The van der Waals surface area contributed by atoms with E-state index in [4.69, 9.17) is 16.4 Å². The molecule has 11 heavy (non-hydrogen) atoms. The fourth-order valence-corrected chi connectivity index (χ4v) is 0.560. The number of benzene rings is 1. The molecule has 1 nitrogen and oxygen atoms in total. The Morgan fingerprint density at radius 2 is 1.55 bits per heavy atom. The Balaban J connectivity index is 0. The summed E-state index contributed by atoms with van der Waals surface area (Å²) < 4.78 is 9.50. The molecule has 3 heteroatoms. The summed E-state index contributed by atoms with van der Waals surface area (Å²) in [5.41, 5.74) is 0. The molecule has 0 heterocycles. The third kappa shape index (κ3) is 9.11. The van der Waals surface area contributed by atoms with Crippen LogP contribution < -0.4 is 0 Å². The number of carbonyl (C=O) groups excluding carboxylic acids is 1. The molecule has 0 aliphatic carbocycles. The standard InChI is InChI=1S/C6H5Cl.CH3F.CH2O/c7-6-4-2-1-3-5-6;2*1-2/h1-5H;1H3;1H2. The maximum atomic E-state index is 9.50. The summed E-state index contributed by atoms with van der Waals surface area (Å²) in [6.07, 6.45) is 0. The summed E-state index contributed by atoms with van der Waals surface area (Å²) >= 11 is 5.54. The molecule has 0 bridgehead atoms. The quantitative estimate of drug-likeness (QED) is 0.594. The second kappa shape index (κ2) is 11.9. The van der Waals surface area contributed by atoms with Gasteiger partial charge in [-0.3, -0.25) is 4.39 Å². The molecule has 0 aromatic heterocycles. The number of hydrogen-bond acceptors (Lipinski definition) is 1. The van der Waals surface area contributed by atoms with Crippen molar-refractivity contribution >= 4 is 18.4 Å². The van der Waals surface area contributed by atoms with E-state index >= 15 is 0 Å². The van der Waals surface area contributed by atoms with E-state index in [0.29, 0.717) is 7.18 Å². The first-order chi connectivity index (χ1) is 5.39. The molecule has 1 aromatic carbocycles. The first-order valence-electron chi connectivity index (χ1n) is 2.77. The van der Waals surface area contributed by atoms with Gasteiger partial charge in [-0.1, -0.05) is 29.8 Å². The average Bonchev–Trinajstić information content (AvgIpc) is 2.13. The van der Waals surface area contributed by atoms with Crippen molar-refractivity contribution in [3.63, 3.8) is 0 Å². The van der Waals surface area contributed by atoms with Gasteiger partial charge >= 0.3 is 0 Å². The average molecular weight is 177 g/mol. The van der Waals surface area contributed by atoms with Crippen LogP contribution in [0.25, 0.3) is 0 Å². The molecule has 0 atom stereocenters. The molecule has 0 amide bonds. The van der Waals surface area contributed by atoms with E-state index in [1.54, 1.807) is 0 Å². The number of rotatable bonds is 0. The van der Waals surface area contributed by atoms with E-state index in [2.05, 4.69) is 0 Å². The lowest BCUT2D eigenvalue weighted by atomic mass is 10.4. The molecule has 0 saturated heterocycles. The van der Waals surface area contributed by atoms with Crippen LogP contribution in [0.1, 0.15) is 0 Å². The maximum Gasteiger partial charge on any atom is 0.106 e. The minimum absolute atomic E-state index is 0.500. The van der Waals surface area contributed by atoms with Crippen LogP contribution in [0.5, 0.6) is 0 Å². The van der Waals surface area contributed by atoms with Crippen molar-refractivity contribution in [2.24, 2.45) is 0 Å². The minimum atomic E-state index is 0.500. The second-order valence-corrected chi connectivity index (χ2v) is 1.73.